The van der Waals surface area contributed by atoms with E-state index in [0.29, 0.717) is 0 Å². The van der Waals surface area contributed by atoms with Crippen molar-refractivity contribution in [3.05, 3.63) is 0 Å². The van der Waals surface area contributed by atoms with Crippen LogP contribution in [-0.4, -0.2) is 24.8 Å². The molecule has 0 aliphatic rings. The molecular weight excluding hydrogens is 199 g/mol. The second-order valence-corrected chi connectivity index (χ2v) is 2.01. The van der Waals surface area contributed by atoms with Crippen molar-refractivity contribution in [2.24, 2.45) is 5.73 Å². The van der Waals surface area contributed by atoms with Crippen molar-refractivity contribution in [2.45, 2.75) is 19.1 Å². The van der Waals surface area contributed by atoms with E-state index in [1.807, 2.05) is 0 Å². The molecule has 0 amide bonds. The molecule has 0 saturated carbocycles. The topological polar surface area (TPSA) is 52.3 Å². The van der Waals surface area contributed by atoms with Gasteiger partial charge in [0.2, 0.25) is 0 Å². The van der Waals surface area contributed by atoms with E-state index >= 15 is 0 Å². The third kappa shape index (κ3) is 7.62. The maximum Gasteiger partial charge on any atom is 0.422 e. The molecule has 2 N–H and O–H groups in total. The molecule has 0 aliphatic heterocycles. The van der Waals surface area contributed by atoms with E-state index in [1.54, 1.807) is 0 Å². The van der Waals surface area contributed by atoms with Gasteiger partial charge in [-0.25, -0.2) is 0 Å². The maximum absolute atomic E-state index is 11.4. The quantitative estimate of drug-likeness (QED) is 0.684. The zero-order chi connectivity index (χ0) is 9.07. The summed E-state index contributed by atoms with van der Waals surface area (Å²) in [6.45, 7) is -0.327. The van der Waals surface area contributed by atoms with Crippen LogP contribution in [0, 0.1) is 0 Å². The summed E-state index contributed by atoms with van der Waals surface area (Å²) >= 11 is 0. The zero-order valence-electron chi connectivity index (χ0n) is 6.22. The van der Waals surface area contributed by atoms with E-state index in [-0.39, 0.29) is 12.4 Å². The Labute approximate surface area is 73.5 Å². The van der Waals surface area contributed by atoms with Crippen molar-refractivity contribution < 1.29 is 22.7 Å². The summed E-state index contributed by atoms with van der Waals surface area (Å²) in [6.07, 6.45) is -4.48. The first-order valence-corrected chi connectivity index (χ1v) is 2.82. The largest absolute Gasteiger partial charge is 0.455 e. The molecule has 0 aromatic rings. The molecule has 0 fully saturated rings. The fourth-order valence-corrected chi connectivity index (χ4v) is 0.284. The third-order valence-corrected chi connectivity index (χ3v) is 0.750. The number of ether oxygens (including phenoxy) is 1. The highest BCUT2D eigenvalue weighted by Crippen LogP contribution is 2.14. The van der Waals surface area contributed by atoms with Gasteiger partial charge < -0.3 is 10.5 Å². The first kappa shape index (κ1) is 14.1. The van der Waals surface area contributed by atoms with Gasteiger partial charge in [-0.15, -0.1) is 12.4 Å². The van der Waals surface area contributed by atoms with Crippen LogP contribution >= 0.6 is 12.4 Å². The van der Waals surface area contributed by atoms with Gasteiger partial charge in [0.1, 0.15) is 6.04 Å². The van der Waals surface area contributed by atoms with Gasteiger partial charge in [-0.3, -0.25) is 4.79 Å². The number of halogens is 4. The molecule has 74 valence electrons. The lowest BCUT2D eigenvalue weighted by Gasteiger charge is -2.08. The Morgan fingerprint density at radius 1 is 1.58 bits per heavy atom. The van der Waals surface area contributed by atoms with E-state index in [9.17, 15) is 18.0 Å². The van der Waals surface area contributed by atoms with E-state index in [2.05, 4.69) is 4.74 Å². The van der Waals surface area contributed by atoms with Gasteiger partial charge in [-0.05, 0) is 6.92 Å². The average molecular weight is 208 g/mol. The minimum absolute atomic E-state index is 0. The normalized spacial score (nSPS) is 13.1. The van der Waals surface area contributed by atoms with Crippen molar-refractivity contribution >= 4 is 18.4 Å². The second kappa shape index (κ2) is 5.21. The van der Waals surface area contributed by atoms with Crippen LogP contribution in [0.15, 0.2) is 0 Å². The lowest BCUT2D eigenvalue weighted by Crippen LogP contribution is -2.31. The van der Waals surface area contributed by atoms with E-state index in [0.717, 1.165) is 0 Å². The smallest absolute Gasteiger partial charge is 0.422 e. The SMILES string of the molecule is C[C@H](N)C(=O)OCC(F)(F)F.Cl. The monoisotopic (exact) mass is 207 g/mol. The molecule has 0 aromatic heterocycles. The summed E-state index contributed by atoms with van der Waals surface area (Å²) in [5.74, 6) is -1.05. The molecular formula is C5H9ClF3NO2. The second-order valence-electron chi connectivity index (χ2n) is 2.01. The minimum Gasteiger partial charge on any atom is -0.455 e. The predicted octanol–water partition coefficient (Wildman–Crippen LogP) is 0.861. The van der Waals surface area contributed by atoms with Crippen LogP contribution in [0.5, 0.6) is 0 Å². The van der Waals surface area contributed by atoms with Crippen LogP contribution in [0.3, 0.4) is 0 Å². The van der Waals surface area contributed by atoms with E-state index < -0.39 is 24.8 Å². The standard InChI is InChI=1S/C5H8F3NO2.ClH/c1-3(9)4(10)11-2-5(6,7)8;/h3H,2,9H2,1H3;1H/t3-;/m0./s1. The molecule has 0 heterocycles. The average Bonchev–Trinajstić information content (AvgIpc) is 1.80. The van der Waals surface area contributed by atoms with Gasteiger partial charge in [0.25, 0.3) is 0 Å². The molecule has 0 radical (unpaired) electrons. The highest BCUT2D eigenvalue weighted by molar-refractivity contribution is 5.85. The highest BCUT2D eigenvalue weighted by atomic mass is 35.5. The number of hydrogen-bond donors (Lipinski definition) is 1. The number of carbonyl (C=O) groups excluding carboxylic acids is 1. The molecule has 0 spiro atoms. The van der Waals surface area contributed by atoms with Gasteiger partial charge in [0.15, 0.2) is 6.61 Å². The Morgan fingerprint density at radius 2 is 2.00 bits per heavy atom. The highest BCUT2D eigenvalue weighted by Gasteiger charge is 2.29. The Kier molecular flexibility index (Phi) is 6.10. The van der Waals surface area contributed by atoms with Gasteiger partial charge in [0, 0.05) is 0 Å². The Bertz CT molecular complexity index is 148. The number of hydrogen-bond acceptors (Lipinski definition) is 3. The van der Waals surface area contributed by atoms with Crippen LogP contribution in [0.25, 0.3) is 0 Å². The summed E-state index contributed by atoms with van der Waals surface area (Å²) in [5, 5.41) is 0. The molecule has 0 bridgehead atoms. The fourth-order valence-electron chi connectivity index (χ4n) is 0.284. The number of carbonyl (C=O) groups is 1. The number of alkyl halides is 3. The summed E-state index contributed by atoms with van der Waals surface area (Å²) in [7, 11) is 0. The zero-order valence-corrected chi connectivity index (χ0v) is 7.04. The molecule has 1 atom stereocenters. The van der Waals surface area contributed by atoms with E-state index in [1.165, 1.54) is 6.92 Å². The minimum atomic E-state index is -4.48. The summed E-state index contributed by atoms with van der Waals surface area (Å²) in [5.41, 5.74) is 4.92. The first-order valence-electron chi connectivity index (χ1n) is 2.82. The lowest BCUT2D eigenvalue weighted by molar-refractivity contribution is -0.186. The number of nitrogens with two attached hydrogens (primary N) is 1. The Balaban J connectivity index is 0. The van der Waals surface area contributed by atoms with Gasteiger partial charge in [-0.2, -0.15) is 13.2 Å². The molecule has 0 rings (SSSR count). The van der Waals surface area contributed by atoms with Crippen molar-refractivity contribution in [2.75, 3.05) is 6.61 Å². The molecule has 0 aliphatic carbocycles. The maximum atomic E-state index is 11.4. The molecule has 0 saturated heterocycles. The summed E-state index contributed by atoms with van der Waals surface area (Å²) in [4.78, 5) is 10.3. The van der Waals surface area contributed by atoms with Crippen LogP contribution in [-0.2, 0) is 9.53 Å². The Hall–Kier alpha value is -0.490. The molecule has 0 aromatic carbocycles. The molecule has 0 unspecified atom stereocenters. The summed E-state index contributed by atoms with van der Waals surface area (Å²) in [6, 6.07) is -1.02. The first-order chi connectivity index (χ1) is 4.83. The molecule has 12 heavy (non-hydrogen) atoms. The van der Waals surface area contributed by atoms with E-state index in [4.69, 9.17) is 5.73 Å². The Morgan fingerprint density at radius 3 is 2.25 bits per heavy atom. The number of esters is 1. The predicted molar refractivity (Wildman–Crippen MR) is 37.9 cm³/mol. The van der Waals surface area contributed by atoms with Crippen molar-refractivity contribution in [1.82, 2.24) is 0 Å². The van der Waals surface area contributed by atoms with Crippen LogP contribution < -0.4 is 5.73 Å². The summed E-state index contributed by atoms with van der Waals surface area (Å²) < 4.78 is 37.9. The van der Waals surface area contributed by atoms with Crippen LogP contribution in [0.4, 0.5) is 13.2 Å². The van der Waals surface area contributed by atoms with Gasteiger partial charge >= 0.3 is 12.1 Å². The van der Waals surface area contributed by atoms with Crippen molar-refractivity contribution in [1.29, 1.82) is 0 Å². The third-order valence-electron chi connectivity index (χ3n) is 0.750. The molecule has 3 nitrogen and oxygen atoms in total. The molecule has 7 heteroatoms. The van der Waals surface area contributed by atoms with Gasteiger partial charge in [-0.1, -0.05) is 0 Å². The van der Waals surface area contributed by atoms with Crippen LogP contribution in [0.2, 0.25) is 0 Å². The lowest BCUT2D eigenvalue weighted by atomic mass is 10.4. The van der Waals surface area contributed by atoms with Crippen molar-refractivity contribution in [3.63, 3.8) is 0 Å². The van der Waals surface area contributed by atoms with Crippen molar-refractivity contribution in [3.8, 4) is 0 Å². The fraction of sp³-hybridized carbons (Fsp3) is 0.800. The van der Waals surface area contributed by atoms with Crippen LogP contribution in [0.1, 0.15) is 6.92 Å². The number of rotatable bonds is 2. The van der Waals surface area contributed by atoms with Gasteiger partial charge in [0.05, 0.1) is 0 Å².